The Morgan fingerprint density at radius 1 is 1.35 bits per heavy atom. The first kappa shape index (κ1) is 11.2. The number of nitrogens with zero attached hydrogens (tertiary/aromatic N) is 2. The number of hydrogen-bond acceptors (Lipinski definition) is 4. The van der Waals surface area contributed by atoms with Gasteiger partial charge in [0.25, 0.3) is 5.91 Å². The predicted molar refractivity (Wildman–Crippen MR) is 53.2 cm³/mol. The van der Waals surface area contributed by atoms with Gasteiger partial charge in [-0.05, 0) is 6.07 Å². The van der Waals surface area contributed by atoms with Crippen molar-refractivity contribution >= 4 is 17.7 Å². The van der Waals surface area contributed by atoms with Crippen molar-refractivity contribution in [3.63, 3.8) is 0 Å². The average molecular weight is 237 g/mol. The first-order valence-corrected chi connectivity index (χ1v) is 4.79. The van der Waals surface area contributed by atoms with Crippen LogP contribution in [0.2, 0.25) is 0 Å². The molecule has 1 aliphatic rings. The molecule has 1 aliphatic heterocycles. The zero-order valence-corrected chi connectivity index (χ0v) is 8.64. The van der Waals surface area contributed by atoms with Gasteiger partial charge in [0.05, 0.1) is 11.8 Å². The molecule has 0 unspecified atom stereocenters. The molecular weight excluding hydrogens is 229 g/mol. The molecule has 2 rings (SSSR count). The first-order chi connectivity index (χ1) is 8.08. The maximum Gasteiger partial charge on any atom is 0.257 e. The second kappa shape index (κ2) is 4.28. The van der Waals surface area contributed by atoms with E-state index >= 15 is 0 Å². The Morgan fingerprint density at radius 3 is 2.59 bits per heavy atom. The topological polar surface area (TPSA) is 79.4 Å². The summed E-state index contributed by atoms with van der Waals surface area (Å²) >= 11 is 0. The SMILES string of the molecule is O=C1CN(C(=O)c2ccncc2F)CC(=O)N1. The highest BCUT2D eigenvalue weighted by Gasteiger charge is 2.28. The molecule has 17 heavy (non-hydrogen) atoms. The second-order valence-electron chi connectivity index (χ2n) is 3.49. The van der Waals surface area contributed by atoms with Gasteiger partial charge in [-0.15, -0.1) is 0 Å². The summed E-state index contributed by atoms with van der Waals surface area (Å²) in [7, 11) is 0. The van der Waals surface area contributed by atoms with Crippen LogP contribution >= 0.6 is 0 Å². The highest BCUT2D eigenvalue weighted by molar-refractivity contribution is 6.05. The number of piperazine rings is 1. The van der Waals surface area contributed by atoms with Crippen LogP contribution < -0.4 is 5.32 Å². The normalized spacial score (nSPS) is 15.7. The van der Waals surface area contributed by atoms with Crippen molar-refractivity contribution in [2.45, 2.75) is 0 Å². The van der Waals surface area contributed by atoms with Gasteiger partial charge in [-0.1, -0.05) is 0 Å². The maximum atomic E-state index is 13.3. The Kier molecular flexibility index (Phi) is 2.82. The van der Waals surface area contributed by atoms with E-state index in [1.165, 1.54) is 12.3 Å². The maximum absolute atomic E-state index is 13.3. The van der Waals surface area contributed by atoms with Crippen molar-refractivity contribution < 1.29 is 18.8 Å². The van der Waals surface area contributed by atoms with Crippen molar-refractivity contribution in [1.82, 2.24) is 15.2 Å². The third-order valence-electron chi connectivity index (χ3n) is 2.24. The van der Waals surface area contributed by atoms with Crippen LogP contribution in [0, 0.1) is 5.82 Å². The van der Waals surface area contributed by atoms with E-state index in [0.717, 1.165) is 11.1 Å². The molecule has 0 atom stereocenters. The van der Waals surface area contributed by atoms with Gasteiger partial charge in [0, 0.05) is 6.20 Å². The van der Waals surface area contributed by atoms with Gasteiger partial charge in [0.2, 0.25) is 11.8 Å². The van der Waals surface area contributed by atoms with E-state index in [1.54, 1.807) is 0 Å². The average Bonchev–Trinajstić information content (AvgIpc) is 2.27. The van der Waals surface area contributed by atoms with Crippen LogP contribution in [0.1, 0.15) is 10.4 Å². The van der Waals surface area contributed by atoms with Crippen molar-refractivity contribution in [3.8, 4) is 0 Å². The Balaban J connectivity index is 2.23. The zero-order valence-electron chi connectivity index (χ0n) is 8.64. The minimum Gasteiger partial charge on any atom is -0.320 e. The molecule has 3 amide bonds. The summed E-state index contributed by atoms with van der Waals surface area (Å²) in [6.07, 6.45) is 2.17. The number of pyridine rings is 1. The quantitative estimate of drug-likeness (QED) is 0.656. The lowest BCUT2D eigenvalue weighted by Gasteiger charge is -2.25. The molecular formula is C10H8FN3O3. The molecule has 6 nitrogen and oxygen atoms in total. The Bertz CT molecular complexity index is 487. The standard InChI is InChI=1S/C10H8FN3O3/c11-7-3-12-2-1-6(7)10(17)14-4-8(15)13-9(16)5-14/h1-3H,4-5H2,(H,13,15,16). The lowest BCUT2D eigenvalue weighted by molar-refractivity contribution is -0.135. The van der Waals surface area contributed by atoms with Gasteiger partial charge >= 0.3 is 0 Å². The highest BCUT2D eigenvalue weighted by Crippen LogP contribution is 2.09. The Labute approximate surface area is 95.4 Å². The predicted octanol–water partition coefficient (Wildman–Crippen LogP) is -0.681. The van der Waals surface area contributed by atoms with Gasteiger partial charge in [0.15, 0.2) is 5.82 Å². The molecule has 1 saturated heterocycles. The monoisotopic (exact) mass is 237 g/mol. The minimum absolute atomic E-state index is 0.206. The highest BCUT2D eigenvalue weighted by atomic mass is 19.1. The third-order valence-corrected chi connectivity index (χ3v) is 2.24. The molecule has 1 N–H and O–H groups in total. The van der Waals surface area contributed by atoms with Crippen LogP contribution in [-0.2, 0) is 9.59 Å². The number of hydrogen-bond donors (Lipinski definition) is 1. The van der Waals surface area contributed by atoms with Gasteiger partial charge < -0.3 is 4.90 Å². The zero-order chi connectivity index (χ0) is 12.4. The first-order valence-electron chi connectivity index (χ1n) is 4.79. The van der Waals surface area contributed by atoms with Gasteiger partial charge in [0.1, 0.15) is 13.1 Å². The van der Waals surface area contributed by atoms with Crippen LogP contribution in [0.4, 0.5) is 4.39 Å². The molecule has 0 aliphatic carbocycles. The molecule has 1 fully saturated rings. The molecule has 1 aromatic heterocycles. The van der Waals surface area contributed by atoms with Crippen molar-refractivity contribution in [3.05, 3.63) is 29.8 Å². The van der Waals surface area contributed by atoms with Crippen LogP contribution in [0.15, 0.2) is 18.5 Å². The van der Waals surface area contributed by atoms with Crippen molar-refractivity contribution in [2.75, 3.05) is 13.1 Å². The van der Waals surface area contributed by atoms with E-state index < -0.39 is 23.5 Å². The summed E-state index contributed by atoms with van der Waals surface area (Å²) in [6, 6.07) is 1.20. The molecule has 0 aromatic carbocycles. The number of imide groups is 1. The van der Waals surface area contributed by atoms with Crippen LogP contribution in [0.5, 0.6) is 0 Å². The number of amides is 3. The van der Waals surface area contributed by atoms with Gasteiger partial charge in [-0.25, -0.2) is 4.39 Å². The van der Waals surface area contributed by atoms with Crippen LogP contribution in [0.3, 0.4) is 0 Å². The molecule has 0 radical (unpaired) electrons. The smallest absolute Gasteiger partial charge is 0.257 e. The molecule has 0 spiro atoms. The molecule has 1 aromatic rings. The van der Waals surface area contributed by atoms with E-state index in [-0.39, 0.29) is 18.7 Å². The minimum atomic E-state index is -0.782. The van der Waals surface area contributed by atoms with E-state index in [2.05, 4.69) is 10.3 Å². The number of nitrogens with one attached hydrogen (secondary N) is 1. The number of carbonyl (C=O) groups is 3. The second-order valence-corrected chi connectivity index (χ2v) is 3.49. The van der Waals surface area contributed by atoms with Crippen molar-refractivity contribution in [2.24, 2.45) is 0 Å². The van der Waals surface area contributed by atoms with Crippen LogP contribution in [0.25, 0.3) is 0 Å². The number of rotatable bonds is 1. The van der Waals surface area contributed by atoms with E-state index in [9.17, 15) is 18.8 Å². The molecule has 88 valence electrons. The summed E-state index contributed by atoms with van der Waals surface area (Å²) in [6.45, 7) is -0.515. The number of aromatic nitrogens is 1. The van der Waals surface area contributed by atoms with E-state index in [1.807, 2.05) is 0 Å². The largest absolute Gasteiger partial charge is 0.320 e. The van der Waals surface area contributed by atoms with E-state index in [4.69, 9.17) is 0 Å². The fourth-order valence-corrected chi connectivity index (χ4v) is 1.50. The third kappa shape index (κ3) is 2.27. The van der Waals surface area contributed by atoms with Crippen molar-refractivity contribution in [1.29, 1.82) is 0 Å². The molecule has 2 heterocycles. The number of halogens is 1. The summed E-state index contributed by atoms with van der Waals surface area (Å²) in [5, 5.41) is 2.05. The molecule has 7 heteroatoms. The fourth-order valence-electron chi connectivity index (χ4n) is 1.50. The Hall–Kier alpha value is -2.31. The molecule has 0 saturated carbocycles. The Morgan fingerprint density at radius 2 is 2.00 bits per heavy atom. The van der Waals surface area contributed by atoms with E-state index in [0.29, 0.717) is 0 Å². The van der Waals surface area contributed by atoms with Gasteiger partial charge in [-0.3, -0.25) is 24.7 Å². The lowest BCUT2D eigenvalue weighted by Crippen LogP contribution is -2.53. The summed E-state index contributed by atoms with van der Waals surface area (Å²) < 4.78 is 13.3. The lowest BCUT2D eigenvalue weighted by atomic mass is 10.2. The molecule has 0 bridgehead atoms. The van der Waals surface area contributed by atoms with Crippen LogP contribution in [-0.4, -0.2) is 40.7 Å². The summed E-state index contributed by atoms with van der Waals surface area (Å²) in [5.74, 6) is -2.64. The fraction of sp³-hybridized carbons (Fsp3) is 0.200. The van der Waals surface area contributed by atoms with Gasteiger partial charge in [-0.2, -0.15) is 0 Å². The summed E-state index contributed by atoms with van der Waals surface area (Å²) in [5.41, 5.74) is -0.206. The summed E-state index contributed by atoms with van der Waals surface area (Å²) in [4.78, 5) is 38.5. The number of carbonyl (C=O) groups excluding carboxylic acids is 3.